The van der Waals surface area contributed by atoms with Gasteiger partial charge in [-0.2, -0.15) is 0 Å². The van der Waals surface area contributed by atoms with Gasteiger partial charge in [-0.05, 0) is 42.8 Å². The van der Waals surface area contributed by atoms with Gasteiger partial charge in [0.25, 0.3) is 0 Å². The Bertz CT molecular complexity index is 599. The van der Waals surface area contributed by atoms with Crippen LogP contribution in [0.5, 0.6) is 11.5 Å². The third kappa shape index (κ3) is 3.36. The Morgan fingerprint density at radius 3 is 2.50 bits per heavy atom. The average molecular weight is 292 g/mol. The second-order valence-corrected chi connectivity index (χ2v) is 4.93. The van der Waals surface area contributed by atoms with Crippen LogP contribution in [0, 0.1) is 6.92 Å². The molecule has 4 heteroatoms. The lowest BCUT2D eigenvalue weighted by Crippen LogP contribution is -2.03. The molecule has 3 nitrogen and oxygen atoms in total. The summed E-state index contributed by atoms with van der Waals surface area (Å²) in [5, 5.41) is 4.13. The van der Waals surface area contributed by atoms with Crippen molar-refractivity contribution in [3.05, 3.63) is 52.5 Å². The third-order valence-corrected chi connectivity index (χ3v) is 3.39. The molecule has 0 aromatic heterocycles. The van der Waals surface area contributed by atoms with Gasteiger partial charge in [0.15, 0.2) is 0 Å². The van der Waals surface area contributed by atoms with Crippen molar-refractivity contribution >= 4 is 17.3 Å². The first-order valence-electron chi connectivity index (χ1n) is 6.35. The Morgan fingerprint density at radius 2 is 1.85 bits per heavy atom. The maximum Gasteiger partial charge on any atom is 0.127 e. The molecule has 2 aromatic rings. The summed E-state index contributed by atoms with van der Waals surface area (Å²) in [6, 6.07) is 11.6. The summed E-state index contributed by atoms with van der Waals surface area (Å²) in [6.07, 6.45) is 0. The predicted octanol–water partition coefficient (Wildman–Crippen LogP) is 4.28. The summed E-state index contributed by atoms with van der Waals surface area (Å²) in [4.78, 5) is 0. The molecule has 0 aliphatic rings. The first-order valence-corrected chi connectivity index (χ1v) is 6.72. The summed E-state index contributed by atoms with van der Waals surface area (Å²) in [5.74, 6) is 1.59. The van der Waals surface area contributed by atoms with Crippen molar-refractivity contribution < 1.29 is 9.47 Å². The van der Waals surface area contributed by atoms with Crippen molar-refractivity contribution in [2.45, 2.75) is 13.5 Å². The van der Waals surface area contributed by atoms with Crippen LogP contribution in [0.1, 0.15) is 11.1 Å². The van der Waals surface area contributed by atoms with Gasteiger partial charge in [-0.1, -0.05) is 11.6 Å². The van der Waals surface area contributed by atoms with Crippen LogP contribution >= 0.6 is 11.6 Å². The highest BCUT2D eigenvalue weighted by molar-refractivity contribution is 6.30. The van der Waals surface area contributed by atoms with Crippen molar-refractivity contribution in [1.29, 1.82) is 0 Å². The molecule has 20 heavy (non-hydrogen) atoms. The van der Waals surface area contributed by atoms with Gasteiger partial charge in [-0.15, -0.1) is 0 Å². The lowest BCUT2D eigenvalue weighted by atomic mass is 10.1. The largest absolute Gasteiger partial charge is 0.497 e. The van der Waals surface area contributed by atoms with E-state index in [-0.39, 0.29) is 0 Å². The van der Waals surface area contributed by atoms with Crippen LogP contribution in [-0.2, 0) is 6.54 Å². The fourth-order valence-electron chi connectivity index (χ4n) is 2.01. The van der Waals surface area contributed by atoms with Crippen LogP contribution in [-0.4, -0.2) is 14.2 Å². The first-order chi connectivity index (χ1) is 9.63. The first kappa shape index (κ1) is 14.5. The SMILES string of the molecule is COc1ccc(CNc2ccc(Cl)cc2C)c(OC)c1. The van der Waals surface area contributed by atoms with Crippen LogP contribution in [0.3, 0.4) is 0 Å². The number of anilines is 1. The molecule has 0 radical (unpaired) electrons. The highest BCUT2D eigenvalue weighted by atomic mass is 35.5. The van der Waals surface area contributed by atoms with Crippen LogP contribution in [0.15, 0.2) is 36.4 Å². The van der Waals surface area contributed by atoms with E-state index in [9.17, 15) is 0 Å². The molecule has 0 amide bonds. The summed E-state index contributed by atoms with van der Waals surface area (Å²) < 4.78 is 10.6. The normalized spacial score (nSPS) is 10.2. The number of methoxy groups -OCH3 is 2. The topological polar surface area (TPSA) is 30.5 Å². The number of nitrogens with one attached hydrogen (secondary N) is 1. The Morgan fingerprint density at radius 1 is 1.05 bits per heavy atom. The van der Waals surface area contributed by atoms with Crippen molar-refractivity contribution in [1.82, 2.24) is 0 Å². The van der Waals surface area contributed by atoms with Crippen molar-refractivity contribution in [2.75, 3.05) is 19.5 Å². The zero-order valence-electron chi connectivity index (χ0n) is 11.9. The Kier molecular flexibility index (Phi) is 4.74. The lowest BCUT2D eigenvalue weighted by Gasteiger charge is -2.13. The van der Waals surface area contributed by atoms with Gasteiger partial charge in [-0.25, -0.2) is 0 Å². The summed E-state index contributed by atoms with van der Waals surface area (Å²) >= 11 is 5.95. The number of hydrogen-bond donors (Lipinski definition) is 1. The minimum atomic E-state index is 0.676. The van der Waals surface area contributed by atoms with Crippen LogP contribution in [0.4, 0.5) is 5.69 Å². The number of aryl methyl sites for hydroxylation is 1. The number of hydrogen-bond acceptors (Lipinski definition) is 3. The Balaban J connectivity index is 2.14. The van der Waals surface area contributed by atoms with Gasteiger partial charge < -0.3 is 14.8 Å². The summed E-state index contributed by atoms with van der Waals surface area (Å²) in [7, 11) is 3.30. The second-order valence-electron chi connectivity index (χ2n) is 4.49. The molecule has 0 atom stereocenters. The molecule has 0 aliphatic heterocycles. The summed E-state index contributed by atoms with van der Waals surface area (Å²) in [5.41, 5.74) is 3.25. The molecule has 0 spiro atoms. The van der Waals surface area contributed by atoms with Crippen LogP contribution in [0.2, 0.25) is 5.02 Å². The third-order valence-electron chi connectivity index (χ3n) is 3.15. The van der Waals surface area contributed by atoms with E-state index in [4.69, 9.17) is 21.1 Å². The quantitative estimate of drug-likeness (QED) is 0.892. The molecule has 0 fully saturated rings. The molecular formula is C16H18ClNO2. The van der Waals surface area contributed by atoms with Gasteiger partial charge in [-0.3, -0.25) is 0 Å². The van der Waals surface area contributed by atoms with E-state index in [1.807, 2.05) is 43.3 Å². The molecule has 0 heterocycles. The predicted molar refractivity (Wildman–Crippen MR) is 83.1 cm³/mol. The van der Waals surface area contributed by atoms with E-state index in [0.717, 1.165) is 33.3 Å². The van der Waals surface area contributed by atoms with E-state index in [1.54, 1.807) is 14.2 Å². The van der Waals surface area contributed by atoms with Gasteiger partial charge in [0.1, 0.15) is 11.5 Å². The molecule has 106 valence electrons. The Hall–Kier alpha value is -1.87. The standard InChI is InChI=1S/C16H18ClNO2/c1-11-8-13(17)5-7-15(11)18-10-12-4-6-14(19-2)9-16(12)20-3/h4-9,18H,10H2,1-3H3. The van der Waals surface area contributed by atoms with Crippen molar-refractivity contribution in [2.24, 2.45) is 0 Å². The molecular weight excluding hydrogens is 274 g/mol. The maximum atomic E-state index is 5.95. The highest BCUT2D eigenvalue weighted by Crippen LogP contribution is 2.26. The Labute approximate surface area is 124 Å². The molecule has 0 saturated heterocycles. The number of halogens is 1. The number of ether oxygens (including phenoxy) is 2. The van der Waals surface area contributed by atoms with Crippen LogP contribution in [0.25, 0.3) is 0 Å². The molecule has 1 N–H and O–H groups in total. The average Bonchev–Trinajstić information content (AvgIpc) is 2.46. The highest BCUT2D eigenvalue weighted by Gasteiger charge is 2.06. The van der Waals surface area contributed by atoms with E-state index >= 15 is 0 Å². The number of rotatable bonds is 5. The smallest absolute Gasteiger partial charge is 0.127 e. The molecule has 0 saturated carbocycles. The van der Waals surface area contributed by atoms with Crippen LogP contribution < -0.4 is 14.8 Å². The zero-order valence-corrected chi connectivity index (χ0v) is 12.6. The van der Waals surface area contributed by atoms with E-state index in [2.05, 4.69) is 5.32 Å². The van der Waals surface area contributed by atoms with Crippen molar-refractivity contribution in [3.8, 4) is 11.5 Å². The fraction of sp³-hybridized carbons (Fsp3) is 0.250. The van der Waals surface area contributed by atoms with E-state index in [0.29, 0.717) is 6.54 Å². The van der Waals surface area contributed by atoms with E-state index < -0.39 is 0 Å². The maximum absolute atomic E-state index is 5.95. The lowest BCUT2D eigenvalue weighted by molar-refractivity contribution is 0.391. The van der Waals surface area contributed by atoms with Gasteiger partial charge in [0.05, 0.1) is 14.2 Å². The van der Waals surface area contributed by atoms with Crippen molar-refractivity contribution in [3.63, 3.8) is 0 Å². The number of benzene rings is 2. The zero-order chi connectivity index (χ0) is 14.5. The van der Waals surface area contributed by atoms with E-state index in [1.165, 1.54) is 0 Å². The molecule has 0 bridgehead atoms. The minimum Gasteiger partial charge on any atom is -0.497 e. The monoisotopic (exact) mass is 291 g/mol. The molecule has 2 rings (SSSR count). The minimum absolute atomic E-state index is 0.676. The second kappa shape index (κ2) is 6.53. The summed E-state index contributed by atoms with van der Waals surface area (Å²) in [6.45, 7) is 2.70. The molecule has 0 aliphatic carbocycles. The van der Waals surface area contributed by atoms with Gasteiger partial charge >= 0.3 is 0 Å². The molecule has 0 unspecified atom stereocenters. The van der Waals surface area contributed by atoms with Gasteiger partial charge in [0.2, 0.25) is 0 Å². The molecule has 2 aromatic carbocycles. The van der Waals surface area contributed by atoms with Gasteiger partial charge in [0, 0.05) is 28.9 Å². The fourth-order valence-corrected chi connectivity index (χ4v) is 2.24.